The molecule has 2 atom stereocenters. The molecule has 2 N–H and O–H groups in total. The molecule has 1 heterocycles. The van der Waals surface area contributed by atoms with E-state index in [1.807, 2.05) is 6.92 Å². The first-order valence-electron chi connectivity index (χ1n) is 11.9. The first kappa shape index (κ1) is 24.9. The number of aromatic nitrogens is 2. The average molecular weight is 492 g/mol. The first-order valence-corrected chi connectivity index (χ1v) is 11.9. The summed E-state index contributed by atoms with van der Waals surface area (Å²) in [5.74, 6) is -2.11. The molecular weight excluding hydrogens is 465 g/mol. The van der Waals surface area contributed by atoms with Gasteiger partial charge in [-0.25, -0.2) is 9.18 Å². The topological polar surface area (TPSA) is 126 Å². The highest BCUT2D eigenvalue weighted by molar-refractivity contribution is 5.97. The summed E-state index contributed by atoms with van der Waals surface area (Å²) < 4.78 is 16.6. The minimum absolute atomic E-state index is 0.0706. The second kappa shape index (κ2) is 10.2. The fourth-order valence-corrected chi connectivity index (χ4v) is 4.77. The summed E-state index contributed by atoms with van der Waals surface area (Å²) in [7, 11) is 0. The molecule has 2 amide bonds. The van der Waals surface area contributed by atoms with Gasteiger partial charge in [0.05, 0.1) is 22.4 Å². The van der Waals surface area contributed by atoms with Crippen LogP contribution in [0.25, 0.3) is 10.9 Å². The molecule has 1 unspecified atom stereocenters. The summed E-state index contributed by atoms with van der Waals surface area (Å²) in [6.07, 6.45) is 1.88. The maximum atomic E-state index is 13.9. The maximum Gasteiger partial charge on any atom is 0.331 e. The molecule has 0 aliphatic heterocycles. The van der Waals surface area contributed by atoms with Crippen molar-refractivity contribution in [3.8, 4) is 6.07 Å². The summed E-state index contributed by atoms with van der Waals surface area (Å²) in [5, 5.41) is 14.8. The molecule has 2 aromatic carbocycles. The van der Waals surface area contributed by atoms with Gasteiger partial charge >= 0.3 is 5.69 Å². The highest BCUT2D eigenvalue weighted by Gasteiger charge is 2.34. The van der Waals surface area contributed by atoms with Gasteiger partial charge in [0.1, 0.15) is 11.9 Å². The Balaban J connectivity index is 1.54. The molecule has 4 rings (SSSR count). The van der Waals surface area contributed by atoms with E-state index in [1.165, 1.54) is 16.7 Å². The van der Waals surface area contributed by atoms with Gasteiger partial charge in [-0.2, -0.15) is 5.26 Å². The average Bonchev–Trinajstić information content (AvgIpc) is 3.33. The van der Waals surface area contributed by atoms with Crippen LogP contribution >= 0.6 is 0 Å². The van der Waals surface area contributed by atoms with Crippen LogP contribution < -0.4 is 21.9 Å². The molecule has 1 aliphatic rings. The lowest BCUT2D eigenvalue weighted by Gasteiger charge is -2.21. The molecule has 36 heavy (non-hydrogen) atoms. The SMILES string of the molecule is CCn1c(=O)c2cc(NC(=O)[C@@H]3CCCC3NC(=O)c3ccc(C#N)c(F)c3)ccc2n(CC)c1=O. The van der Waals surface area contributed by atoms with Crippen LogP contribution in [0.1, 0.15) is 49.0 Å². The monoisotopic (exact) mass is 491 g/mol. The lowest BCUT2D eigenvalue weighted by Crippen LogP contribution is -2.42. The summed E-state index contributed by atoms with van der Waals surface area (Å²) in [4.78, 5) is 51.2. The Labute approximate surface area is 206 Å². The molecular formula is C26H26FN5O4. The largest absolute Gasteiger partial charge is 0.349 e. The maximum absolute atomic E-state index is 13.9. The smallest absolute Gasteiger partial charge is 0.331 e. The van der Waals surface area contributed by atoms with Crippen LogP contribution in [-0.4, -0.2) is 27.0 Å². The number of anilines is 1. The van der Waals surface area contributed by atoms with E-state index >= 15 is 0 Å². The molecule has 10 heteroatoms. The van der Waals surface area contributed by atoms with Crippen molar-refractivity contribution in [2.24, 2.45) is 5.92 Å². The van der Waals surface area contributed by atoms with Crippen molar-refractivity contribution in [3.63, 3.8) is 0 Å². The predicted molar refractivity (Wildman–Crippen MR) is 132 cm³/mol. The van der Waals surface area contributed by atoms with E-state index in [4.69, 9.17) is 5.26 Å². The molecule has 1 aromatic heterocycles. The van der Waals surface area contributed by atoms with Gasteiger partial charge in [-0.15, -0.1) is 0 Å². The number of fused-ring (bicyclic) bond motifs is 1. The molecule has 1 saturated carbocycles. The molecule has 0 bridgehead atoms. The Hall–Kier alpha value is -4.26. The summed E-state index contributed by atoms with van der Waals surface area (Å²) >= 11 is 0. The van der Waals surface area contributed by atoms with E-state index in [1.54, 1.807) is 31.2 Å². The van der Waals surface area contributed by atoms with Gasteiger partial charge in [0.2, 0.25) is 5.91 Å². The number of carbonyl (C=O) groups excluding carboxylic acids is 2. The molecule has 9 nitrogen and oxygen atoms in total. The Morgan fingerprint density at radius 1 is 1.08 bits per heavy atom. The molecule has 0 radical (unpaired) electrons. The number of carbonyl (C=O) groups is 2. The Bertz CT molecular complexity index is 1520. The summed E-state index contributed by atoms with van der Waals surface area (Å²) in [6, 6.07) is 9.74. The fraction of sp³-hybridized carbons (Fsp3) is 0.346. The van der Waals surface area contributed by atoms with Gasteiger partial charge in [-0.1, -0.05) is 6.42 Å². The van der Waals surface area contributed by atoms with Crippen molar-refractivity contribution in [2.75, 3.05) is 5.32 Å². The standard InChI is InChI=1S/C26H26FN5O4/c1-3-31-22-11-10-17(13-19(22)25(35)32(4-2)26(31)36)29-24(34)18-6-5-7-21(18)30-23(33)15-8-9-16(14-28)20(27)12-15/h8-13,18,21H,3-7H2,1-2H3,(H,29,34)(H,30,33)/t18-,21?/m1/s1. The Morgan fingerprint density at radius 2 is 1.83 bits per heavy atom. The van der Waals surface area contributed by atoms with E-state index in [0.717, 1.165) is 17.1 Å². The van der Waals surface area contributed by atoms with Gasteiger partial charge in [-0.3, -0.25) is 23.5 Å². The van der Waals surface area contributed by atoms with Crippen molar-refractivity contribution in [2.45, 2.75) is 52.2 Å². The quantitative estimate of drug-likeness (QED) is 0.548. The number of aryl methyl sites for hydroxylation is 1. The third-order valence-electron chi connectivity index (χ3n) is 6.65. The molecule has 0 spiro atoms. The fourth-order valence-electron chi connectivity index (χ4n) is 4.77. The van der Waals surface area contributed by atoms with Crippen LogP contribution in [0.2, 0.25) is 0 Å². The second-order valence-electron chi connectivity index (χ2n) is 8.72. The predicted octanol–water partition coefficient (Wildman–Crippen LogP) is 2.75. The highest BCUT2D eigenvalue weighted by atomic mass is 19.1. The van der Waals surface area contributed by atoms with Crippen molar-refractivity contribution < 1.29 is 14.0 Å². The van der Waals surface area contributed by atoms with E-state index < -0.39 is 29.2 Å². The summed E-state index contributed by atoms with van der Waals surface area (Å²) in [5.41, 5.74) is 0.0402. The van der Waals surface area contributed by atoms with E-state index in [-0.39, 0.29) is 29.3 Å². The van der Waals surface area contributed by atoms with Crippen LogP contribution in [-0.2, 0) is 17.9 Å². The molecule has 1 aliphatic carbocycles. The number of nitrogens with zero attached hydrogens (tertiary/aromatic N) is 3. The van der Waals surface area contributed by atoms with Gasteiger partial charge in [0.25, 0.3) is 11.5 Å². The van der Waals surface area contributed by atoms with Crippen molar-refractivity contribution >= 4 is 28.4 Å². The van der Waals surface area contributed by atoms with Crippen molar-refractivity contribution in [1.29, 1.82) is 5.26 Å². The number of nitriles is 1. The van der Waals surface area contributed by atoms with Gasteiger partial charge in [0.15, 0.2) is 0 Å². The molecule has 0 saturated heterocycles. The second-order valence-corrected chi connectivity index (χ2v) is 8.72. The van der Waals surface area contributed by atoms with Gasteiger partial charge in [-0.05, 0) is 63.1 Å². The Kier molecular flexibility index (Phi) is 7.01. The zero-order valence-electron chi connectivity index (χ0n) is 20.0. The zero-order chi connectivity index (χ0) is 26.0. The third-order valence-corrected chi connectivity index (χ3v) is 6.65. The number of benzene rings is 2. The van der Waals surface area contributed by atoms with Gasteiger partial charge in [0, 0.05) is 30.4 Å². The molecule has 1 fully saturated rings. The van der Waals surface area contributed by atoms with Crippen molar-refractivity contribution in [3.05, 3.63) is 74.2 Å². The van der Waals surface area contributed by atoms with E-state index in [9.17, 15) is 23.6 Å². The van der Waals surface area contributed by atoms with Crippen LogP contribution in [0.4, 0.5) is 10.1 Å². The lowest BCUT2D eigenvalue weighted by atomic mass is 10.0. The third kappa shape index (κ3) is 4.52. The normalized spacial score (nSPS) is 17.1. The van der Waals surface area contributed by atoms with Crippen molar-refractivity contribution in [1.82, 2.24) is 14.5 Å². The number of nitrogens with one attached hydrogen (secondary N) is 2. The number of rotatable bonds is 6. The van der Waals surface area contributed by atoms with Crippen LogP contribution in [0, 0.1) is 23.1 Å². The Morgan fingerprint density at radius 3 is 2.50 bits per heavy atom. The summed E-state index contributed by atoms with van der Waals surface area (Å²) in [6.45, 7) is 4.17. The minimum Gasteiger partial charge on any atom is -0.349 e. The first-order chi connectivity index (χ1) is 17.3. The number of hydrogen-bond acceptors (Lipinski definition) is 5. The van der Waals surface area contributed by atoms with Gasteiger partial charge < -0.3 is 10.6 Å². The molecule has 3 aromatic rings. The van der Waals surface area contributed by atoms with Crippen LogP contribution in [0.5, 0.6) is 0 Å². The van der Waals surface area contributed by atoms with E-state index in [2.05, 4.69) is 10.6 Å². The van der Waals surface area contributed by atoms with E-state index in [0.29, 0.717) is 36.0 Å². The number of amides is 2. The van der Waals surface area contributed by atoms with Crippen LogP contribution in [0.15, 0.2) is 46.0 Å². The molecule has 186 valence electrons. The lowest BCUT2D eigenvalue weighted by molar-refractivity contribution is -0.120. The minimum atomic E-state index is -0.780. The zero-order valence-corrected chi connectivity index (χ0v) is 20.0. The number of hydrogen-bond donors (Lipinski definition) is 2. The van der Waals surface area contributed by atoms with Crippen LogP contribution in [0.3, 0.4) is 0 Å². The highest BCUT2D eigenvalue weighted by Crippen LogP contribution is 2.28. The number of halogens is 1.